The second kappa shape index (κ2) is 7.94. The molecule has 1 saturated heterocycles. The Bertz CT molecular complexity index is 723. The third kappa shape index (κ3) is 4.06. The fourth-order valence-electron chi connectivity index (χ4n) is 2.97. The Balaban J connectivity index is 1.73. The largest absolute Gasteiger partial charge is 0.467 e. The summed E-state index contributed by atoms with van der Waals surface area (Å²) in [7, 11) is 1.30. The van der Waals surface area contributed by atoms with Gasteiger partial charge in [-0.25, -0.2) is 4.79 Å². The van der Waals surface area contributed by atoms with Crippen molar-refractivity contribution in [3.05, 3.63) is 53.9 Å². The quantitative estimate of drug-likeness (QED) is 0.804. The normalized spacial score (nSPS) is 18.4. The highest BCUT2D eigenvalue weighted by Gasteiger charge is 2.25. The van der Waals surface area contributed by atoms with Crippen LogP contribution in [0.2, 0.25) is 0 Å². The average molecular weight is 342 g/mol. The number of hydrogen-bond acceptors (Lipinski definition) is 5. The number of methoxy groups -OCH3 is 1. The molecule has 2 atom stereocenters. The van der Waals surface area contributed by atoms with Crippen LogP contribution in [0.5, 0.6) is 0 Å². The lowest BCUT2D eigenvalue weighted by Gasteiger charge is -2.23. The molecule has 2 N–H and O–H groups in total. The van der Waals surface area contributed by atoms with E-state index >= 15 is 0 Å². The highest BCUT2D eigenvalue weighted by atomic mass is 16.5. The van der Waals surface area contributed by atoms with E-state index in [2.05, 4.69) is 15.7 Å². The van der Waals surface area contributed by atoms with Gasteiger partial charge in [-0.05, 0) is 31.0 Å². The first-order valence-corrected chi connectivity index (χ1v) is 8.38. The molecule has 2 unspecified atom stereocenters. The Morgan fingerprint density at radius 2 is 2.12 bits per heavy atom. The van der Waals surface area contributed by atoms with E-state index < -0.39 is 17.9 Å². The molecule has 25 heavy (non-hydrogen) atoms. The maximum Gasteiger partial charge on any atom is 0.333 e. The van der Waals surface area contributed by atoms with Gasteiger partial charge in [0.05, 0.1) is 13.2 Å². The first-order chi connectivity index (χ1) is 12.2. The number of carbonyl (C=O) groups excluding carboxylic acids is 2. The summed E-state index contributed by atoms with van der Waals surface area (Å²) >= 11 is 0. The van der Waals surface area contributed by atoms with Gasteiger partial charge in [-0.1, -0.05) is 30.3 Å². The minimum absolute atomic E-state index is 0.251. The lowest BCUT2D eigenvalue weighted by molar-refractivity contribution is -0.143. The molecule has 1 aliphatic rings. The van der Waals surface area contributed by atoms with Gasteiger partial charge in [0.1, 0.15) is 5.69 Å². The number of amides is 1. The number of aromatic nitrogens is 2. The highest BCUT2D eigenvalue weighted by molar-refractivity contribution is 5.95. The van der Waals surface area contributed by atoms with Gasteiger partial charge in [0, 0.05) is 12.7 Å². The molecule has 2 aromatic rings. The van der Waals surface area contributed by atoms with Crippen molar-refractivity contribution < 1.29 is 14.3 Å². The van der Waals surface area contributed by atoms with E-state index in [0.29, 0.717) is 5.56 Å². The molecule has 7 heteroatoms. The van der Waals surface area contributed by atoms with Gasteiger partial charge in [-0.2, -0.15) is 5.10 Å². The number of esters is 1. The molecular weight excluding hydrogens is 320 g/mol. The van der Waals surface area contributed by atoms with Crippen LogP contribution in [0.3, 0.4) is 0 Å². The smallest absolute Gasteiger partial charge is 0.333 e. The zero-order valence-corrected chi connectivity index (χ0v) is 14.1. The van der Waals surface area contributed by atoms with Crippen LogP contribution >= 0.6 is 0 Å². The van der Waals surface area contributed by atoms with Crippen molar-refractivity contribution in [2.24, 2.45) is 0 Å². The van der Waals surface area contributed by atoms with Gasteiger partial charge < -0.3 is 15.4 Å². The Kier molecular flexibility index (Phi) is 5.45. The number of piperidine rings is 1. The molecule has 2 heterocycles. The van der Waals surface area contributed by atoms with Gasteiger partial charge in [-0.3, -0.25) is 9.48 Å². The molecule has 1 fully saturated rings. The SMILES string of the molecule is COC(=O)C(NC(=O)c1ccn(C2CCCNC2)n1)c1ccccc1. The highest BCUT2D eigenvalue weighted by Crippen LogP contribution is 2.17. The van der Waals surface area contributed by atoms with E-state index in [0.717, 1.165) is 25.9 Å². The summed E-state index contributed by atoms with van der Waals surface area (Å²) in [5.41, 5.74) is 0.953. The lowest BCUT2D eigenvalue weighted by atomic mass is 10.1. The van der Waals surface area contributed by atoms with Crippen LogP contribution < -0.4 is 10.6 Å². The number of hydrogen-bond donors (Lipinski definition) is 2. The first-order valence-electron chi connectivity index (χ1n) is 8.38. The summed E-state index contributed by atoms with van der Waals surface area (Å²) in [4.78, 5) is 24.6. The fraction of sp³-hybridized carbons (Fsp3) is 0.389. The van der Waals surface area contributed by atoms with Crippen molar-refractivity contribution in [2.45, 2.75) is 24.9 Å². The van der Waals surface area contributed by atoms with Crippen molar-refractivity contribution in [3.63, 3.8) is 0 Å². The topological polar surface area (TPSA) is 85.2 Å². The van der Waals surface area contributed by atoms with Crippen LogP contribution in [0, 0.1) is 0 Å². The van der Waals surface area contributed by atoms with Crippen molar-refractivity contribution in [1.82, 2.24) is 20.4 Å². The molecule has 132 valence electrons. The van der Waals surface area contributed by atoms with Crippen LogP contribution in [0.4, 0.5) is 0 Å². The number of carbonyl (C=O) groups is 2. The molecule has 0 spiro atoms. The minimum atomic E-state index is -0.861. The summed E-state index contributed by atoms with van der Waals surface area (Å²) in [5, 5.41) is 10.4. The molecule has 1 amide bonds. The monoisotopic (exact) mass is 342 g/mol. The molecule has 0 bridgehead atoms. The van der Waals surface area contributed by atoms with E-state index in [1.54, 1.807) is 18.2 Å². The molecule has 1 aromatic heterocycles. The molecule has 0 aliphatic carbocycles. The van der Waals surface area contributed by atoms with E-state index in [1.165, 1.54) is 7.11 Å². The molecule has 3 rings (SSSR count). The predicted octanol–water partition coefficient (Wildman–Crippen LogP) is 1.45. The Morgan fingerprint density at radius 1 is 1.32 bits per heavy atom. The fourth-order valence-corrected chi connectivity index (χ4v) is 2.97. The van der Waals surface area contributed by atoms with Crippen molar-refractivity contribution in [3.8, 4) is 0 Å². The Hall–Kier alpha value is -2.67. The molecule has 0 saturated carbocycles. The second-order valence-corrected chi connectivity index (χ2v) is 6.02. The first kappa shape index (κ1) is 17.2. The Morgan fingerprint density at radius 3 is 2.80 bits per heavy atom. The summed E-state index contributed by atoms with van der Waals surface area (Å²) in [6, 6.07) is 10.1. The van der Waals surface area contributed by atoms with E-state index in [4.69, 9.17) is 4.74 Å². The zero-order valence-electron chi connectivity index (χ0n) is 14.1. The molecule has 1 aliphatic heterocycles. The summed E-state index contributed by atoms with van der Waals surface area (Å²) in [5.74, 6) is -0.919. The number of nitrogens with zero attached hydrogens (tertiary/aromatic N) is 2. The van der Waals surface area contributed by atoms with Crippen molar-refractivity contribution in [2.75, 3.05) is 20.2 Å². The summed E-state index contributed by atoms with van der Waals surface area (Å²) < 4.78 is 6.63. The van der Waals surface area contributed by atoms with E-state index in [9.17, 15) is 9.59 Å². The molecule has 0 radical (unpaired) electrons. The average Bonchev–Trinajstić information content (AvgIpc) is 3.17. The van der Waals surface area contributed by atoms with Crippen molar-refractivity contribution >= 4 is 11.9 Å². The third-order valence-electron chi connectivity index (χ3n) is 4.33. The minimum Gasteiger partial charge on any atom is -0.467 e. The van der Waals surface area contributed by atoms with Crippen molar-refractivity contribution in [1.29, 1.82) is 0 Å². The van der Waals surface area contributed by atoms with Crippen LogP contribution in [-0.4, -0.2) is 41.9 Å². The van der Waals surface area contributed by atoms with Crippen LogP contribution in [-0.2, 0) is 9.53 Å². The predicted molar refractivity (Wildman–Crippen MR) is 92.0 cm³/mol. The van der Waals surface area contributed by atoms with Crippen LogP contribution in [0.25, 0.3) is 0 Å². The zero-order chi connectivity index (χ0) is 17.6. The van der Waals surface area contributed by atoms with E-state index in [-0.39, 0.29) is 11.7 Å². The summed E-state index contributed by atoms with van der Waals surface area (Å²) in [6.45, 7) is 1.86. The lowest BCUT2D eigenvalue weighted by Crippen LogP contribution is -2.35. The maximum atomic E-state index is 12.5. The van der Waals surface area contributed by atoms with Gasteiger partial charge in [0.15, 0.2) is 6.04 Å². The number of benzene rings is 1. The van der Waals surface area contributed by atoms with Gasteiger partial charge in [-0.15, -0.1) is 0 Å². The Labute approximate surface area is 146 Å². The molecular formula is C18H22N4O3. The van der Waals surface area contributed by atoms with Gasteiger partial charge in [0.25, 0.3) is 5.91 Å². The van der Waals surface area contributed by atoms with E-state index in [1.807, 2.05) is 29.1 Å². The standard InChI is InChI=1S/C18H22N4O3/c1-25-18(24)16(13-6-3-2-4-7-13)20-17(23)15-9-11-22(21-15)14-8-5-10-19-12-14/h2-4,6-7,9,11,14,16,19H,5,8,10,12H2,1H3,(H,20,23). The molecule has 7 nitrogen and oxygen atoms in total. The number of nitrogens with one attached hydrogen (secondary N) is 2. The maximum absolute atomic E-state index is 12.5. The summed E-state index contributed by atoms with van der Waals surface area (Å²) in [6.07, 6.45) is 3.93. The van der Waals surface area contributed by atoms with Crippen LogP contribution in [0.1, 0.15) is 41.0 Å². The number of rotatable bonds is 5. The molecule has 1 aromatic carbocycles. The van der Waals surface area contributed by atoms with Gasteiger partial charge >= 0.3 is 5.97 Å². The number of ether oxygens (including phenoxy) is 1. The second-order valence-electron chi connectivity index (χ2n) is 6.02. The third-order valence-corrected chi connectivity index (χ3v) is 4.33. The van der Waals surface area contributed by atoms with Gasteiger partial charge in [0.2, 0.25) is 0 Å². The van der Waals surface area contributed by atoms with Crippen LogP contribution in [0.15, 0.2) is 42.6 Å².